The Morgan fingerprint density at radius 2 is 1.95 bits per heavy atom. The summed E-state index contributed by atoms with van der Waals surface area (Å²) in [5.41, 5.74) is 0.161. The highest BCUT2D eigenvalue weighted by atomic mass is 16.4. The van der Waals surface area contributed by atoms with E-state index in [1.165, 1.54) is 0 Å². The van der Waals surface area contributed by atoms with Crippen molar-refractivity contribution in [3.05, 3.63) is 0 Å². The fourth-order valence-corrected chi connectivity index (χ4v) is 2.48. The van der Waals surface area contributed by atoms with Crippen molar-refractivity contribution < 1.29 is 14.7 Å². The first-order valence-electron chi connectivity index (χ1n) is 7.36. The molecule has 1 aliphatic rings. The van der Waals surface area contributed by atoms with Gasteiger partial charge in [-0.05, 0) is 30.1 Å². The van der Waals surface area contributed by atoms with Crippen LogP contribution in [0.3, 0.4) is 0 Å². The number of nitrogens with one attached hydrogen (secondary N) is 1. The second kappa shape index (κ2) is 6.46. The summed E-state index contributed by atoms with van der Waals surface area (Å²) in [6.45, 7) is 10.7. The lowest BCUT2D eigenvalue weighted by Gasteiger charge is -2.25. The van der Waals surface area contributed by atoms with Crippen LogP contribution >= 0.6 is 0 Å². The summed E-state index contributed by atoms with van der Waals surface area (Å²) >= 11 is 0. The van der Waals surface area contributed by atoms with E-state index in [9.17, 15) is 9.59 Å². The van der Waals surface area contributed by atoms with Crippen LogP contribution in [0.5, 0.6) is 0 Å². The van der Waals surface area contributed by atoms with Gasteiger partial charge in [0.05, 0.1) is 0 Å². The first-order chi connectivity index (χ1) is 9.11. The van der Waals surface area contributed by atoms with E-state index in [0.717, 1.165) is 25.9 Å². The second-order valence-electron chi connectivity index (χ2n) is 7.38. The number of carboxylic acids is 1. The molecule has 1 fully saturated rings. The predicted molar refractivity (Wildman–Crippen MR) is 78.6 cm³/mol. The number of urea groups is 1. The van der Waals surface area contributed by atoms with Crippen LogP contribution in [0.15, 0.2) is 0 Å². The van der Waals surface area contributed by atoms with Crippen molar-refractivity contribution in [2.24, 2.45) is 10.8 Å². The maximum atomic E-state index is 12.0. The standard InChI is InChI=1S/C15H28N2O3/c1-14(2,6-5-12(18)19)7-9-16-13(20)17-10-8-15(3,4)11-17/h5-11H2,1-4H3,(H,16,20)(H,18,19). The molecule has 1 heterocycles. The van der Waals surface area contributed by atoms with E-state index < -0.39 is 5.97 Å². The molecule has 2 N–H and O–H groups in total. The van der Waals surface area contributed by atoms with Crippen molar-refractivity contribution in [1.82, 2.24) is 10.2 Å². The molecule has 116 valence electrons. The molecule has 0 aliphatic carbocycles. The van der Waals surface area contributed by atoms with Gasteiger partial charge < -0.3 is 15.3 Å². The van der Waals surface area contributed by atoms with E-state index in [-0.39, 0.29) is 23.3 Å². The van der Waals surface area contributed by atoms with Crippen molar-refractivity contribution in [3.8, 4) is 0 Å². The largest absolute Gasteiger partial charge is 0.481 e. The number of carboxylic acid groups (broad SMARTS) is 1. The van der Waals surface area contributed by atoms with Crippen LogP contribution in [-0.4, -0.2) is 41.6 Å². The second-order valence-corrected chi connectivity index (χ2v) is 7.38. The Morgan fingerprint density at radius 1 is 1.30 bits per heavy atom. The van der Waals surface area contributed by atoms with Gasteiger partial charge in [-0.1, -0.05) is 27.7 Å². The summed E-state index contributed by atoms with van der Waals surface area (Å²) in [6, 6.07) is 0.00427. The molecular weight excluding hydrogens is 256 g/mol. The fraction of sp³-hybridized carbons (Fsp3) is 0.867. The SMILES string of the molecule is CC(C)(CCNC(=O)N1CCC(C)(C)C1)CCC(=O)O. The molecule has 0 aromatic rings. The minimum atomic E-state index is -0.763. The number of hydrogen-bond donors (Lipinski definition) is 2. The Labute approximate surface area is 121 Å². The van der Waals surface area contributed by atoms with Gasteiger partial charge in [0.15, 0.2) is 0 Å². The quantitative estimate of drug-likeness (QED) is 0.788. The Balaban J connectivity index is 2.26. The first kappa shape index (κ1) is 16.8. The molecule has 2 amide bonds. The maximum absolute atomic E-state index is 12.0. The number of carbonyl (C=O) groups excluding carboxylic acids is 1. The van der Waals surface area contributed by atoms with Crippen LogP contribution in [0, 0.1) is 10.8 Å². The minimum Gasteiger partial charge on any atom is -0.481 e. The van der Waals surface area contributed by atoms with E-state index in [1.807, 2.05) is 18.7 Å². The van der Waals surface area contributed by atoms with Gasteiger partial charge in [0.1, 0.15) is 0 Å². The first-order valence-corrected chi connectivity index (χ1v) is 7.36. The molecule has 5 nitrogen and oxygen atoms in total. The Bertz CT molecular complexity index is 364. The van der Waals surface area contributed by atoms with Gasteiger partial charge in [0.25, 0.3) is 0 Å². The van der Waals surface area contributed by atoms with Gasteiger partial charge in [-0.2, -0.15) is 0 Å². The number of aliphatic carboxylic acids is 1. The predicted octanol–water partition coefficient (Wildman–Crippen LogP) is 2.71. The van der Waals surface area contributed by atoms with E-state index in [4.69, 9.17) is 5.11 Å². The zero-order valence-corrected chi connectivity index (χ0v) is 13.2. The third-order valence-corrected chi connectivity index (χ3v) is 4.06. The van der Waals surface area contributed by atoms with E-state index in [1.54, 1.807) is 0 Å². The molecule has 0 spiro atoms. The highest BCUT2D eigenvalue weighted by Crippen LogP contribution is 2.29. The molecule has 1 saturated heterocycles. The van der Waals surface area contributed by atoms with Crippen LogP contribution in [0.2, 0.25) is 0 Å². The van der Waals surface area contributed by atoms with Crippen LogP contribution in [-0.2, 0) is 4.79 Å². The highest BCUT2D eigenvalue weighted by Gasteiger charge is 2.32. The normalized spacial score (nSPS) is 18.1. The molecule has 0 bridgehead atoms. The molecule has 0 radical (unpaired) electrons. The third kappa shape index (κ3) is 5.80. The van der Waals surface area contributed by atoms with Crippen LogP contribution in [0.1, 0.15) is 53.4 Å². The molecule has 0 unspecified atom stereocenters. The summed E-state index contributed by atoms with van der Waals surface area (Å²) in [5.74, 6) is -0.763. The van der Waals surface area contributed by atoms with Crippen molar-refractivity contribution in [2.75, 3.05) is 19.6 Å². The van der Waals surface area contributed by atoms with Crippen molar-refractivity contribution in [2.45, 2.75) is 53.4 Å². The average Bonchev–Trinajstić information content (AvgIpc) is 2.67. The summed E-state index contributed by atoms with van der Waals surface area (Å²) < 4.78 is 0. The number of amides is 2. The maximum Gasteiger partial charge on any atom is 0.317 e. The molecule has 1 rings (SSSR count). The zero-order valence-electron chi connectivity index (χ0n) is 13.2. The van der Waals surface area contributed by atoms with Gasteiger partial charge in [-0.15, -0.1) is 0 Å². The van der Waals surface area contributed by atoms with Gasteiger partial charge >= 0.3 is 12.0 Å². The number of likely N-dealkylation sites (tertiary alicyclic amines) is 1. The lowest BCUT2D eigenvalue weighted by molar-refractivity contribution is -0.137. The zero-order chi connectivity index (χ0) is 15.4. The third-order valence-electron chi connectivity index (χ3n) is 4.06. The van der Waals surface area contributed by atoms with E-state index in [2.05, 4.69) is 19.2 Å². The van der Waals surface area contributed by atoms with Crippen LogP contribution < -0.4 is 5.32 Å². The van der Waals surface area contributed by atoms with Gasteiger partial charge in [-0.25, -0.2) is 4.79 Å². The molecule has 0 saturated carbocycles. The molecule has 0 aromatic heterocycles. The summed E-state index contributed by atoms with van der Waals surface area (Å²) in [5, 5.41) is 11.7. The van der Waals surface area contributed by atoms with Crippen LogP contribution in [0.25, 0.3) is 0 Å². The number of rotatable bonds is 6. The lowest BCUT2D eigenvalue weighted by Crippen LogP contribution is -2.40. The van der Waals surface area contributed by atoms with Gasteiger partial charge in [0.2, 0.25) is 0 Å². The molecule has 5 heteroatoms. The Hall–Kier alpha value is -1.26. The number of hydrogen-bond acceptors (Lipinski definition) is 2. The minimum absolute atomic E-state index is 0.00427. The Kier molecular flexibility index (Phi) is 5.42. The van der Waals surface area contributed by atoms with Gasteiger partial charge in [0, 0.05) is 26.1 Å². The smallest absolute Gasteiger partial charge is 0.317 e. The van der Waals surface area contributed by atoms with Crippen molar-refractivity contribution >= 4 is 12.0 Å². The van der Waals surface area contributed by atoms with E-state index >= 15 is 0 Å². The Morgan fingerprint density at radius 3 is 2.45 bits per heavy atom. The number of nitrogens with zero attached hydrogens (tertiary/aromatic N) is 1. The van der Waals surface area contributed by atoms with Gasteiger partial charge in [-0.3, -0.25) is 4.79 Å². The topological polar surface area (TPSA) is 69.6 Å². The highest BCUT2D eigenvalue weighted by molar-refractivity contribution is 5.74. The monoisotopic (exact) mass is 284 g/mol. The van der Waals surface area contributed by atoms with Crippen LogP contribution in [0.4, 0.5) is 4.79 Å². The molecular formula is C15H28N2O3. The summed E-state index contributed by atoms with van der Waals surface area (Å²) in [6.07, 6.45) is 2.66. The average molecular weight is 284 g/mol. The molecule has 20 heavy (non-hydrogen) atoms. The molecule has 0 aromatic carbocycles. The van der Waals surface area contributed by atoms with E-state index in [0.29, 0.717) is 13.0 Å². The van der Waals surface area contributed by atoms with Crippen molar-refractivity contribution in [1.29, 1.82) is 0 Å². The molecule has 0 atom stereocenters. The lowest BCUT2D eigenvalue weighted by atomic mass is 9.84. The van der Waals surface area contributed by atoms with Crippen molar-refractivity contribution in [3.63, 3.8) is 0 Å². The summed E-state index contributed by atoms with van der Waals surface area (Å²) in [7, 11) is 0. The summed E-state index contributed by atoms with van der Waals surface area (Å²) in [4.78, 5) is 24.5. The number of carbonyl (C=O) groups is 2. The fourth-order valence-electron chi connectivity index (χ4n) is 2.48. The molecule has 1 aliphatic heterocycles.